The van der Waals surface area contributed by atoms with Crippen molar-refractivity contribution in [1.29, 1.82) is 0 Å². The van der Waals surface area contributed by atoms with Gasteiger partial charge in [-0.15, -0.1) is 0 Å². The van der Waals surface area contributed by atoms with Crippen LogP contribution in [0.4, 0.5) is 26.3 Å². The molecule has 0 aromatic carbocycles. The SMILES string of the molecule is CN(CCC(F)(F)F)C(CN)C(F)(F)F. The van der Waals surface area contributed by atoms with Crippen molar-refractivity contribution in [2.75, 3.05) is 20.1 Å². The van der Waals surface area contributed by atoms with E-state index in [1.54, 1.807) is 0 Å². The molecular weight excluding hydrogens is 226 g/mol. The van der Waals surface area contributed by atoms with Crippen molar-refractivity contribution in [2.24, 2.45) is 5.73 Å². The van der Waals surface area contributed by atoms with E-state index in [-0.39, 0.29) is 0 Å². The molecule has 1 atom stereocenters. The molecule has 92 valence electrons. The van der Waals surface area contributed by atoms with Crippen molar-refractivity contribution in [3.63, 3.8) is 0 Å². The molecule has 8 heteroatoms. The highest BCUT2D eigenvalue weighted by Gasteiger charge is 2.42. The molecule has 0 fully saturated rings. The van der Waals surface area contributed by atoms with Crippen LogP contribution in [0.2, 0.25) is 0 Å². The zero-order chi connectivity index (χ0) is 12.3. The fourth-order valence-corrected chi connectivity index (χ4v) is 1.02. The van der Waals surface area contributed by atoms with Crippen LogP contribution in [0.1, 0.15) is 6.42 Å². The molecule has 15 heavy (non-hydrogen) atoms. The molecule has 0 aliphatic heterocycles. The summed E-state index contributed by atoms with van der Waals surface area (Å²) in [4.78, 5) is 0.563. The first-order valence-corrected chi connectivity index (χ1v) is 4.11. The van der Waals surface area contributed by atoms with E-state index >= 15 is 0 Å². The summed E-state index contributed by atoms with van der Waals surface area (Å²) in [5, 5.41) is 0. The van der Waals surface area contributed by atoms with Gasteiger partial charge in [-0.25, -0.2) is 0 Å². The third-order valence-corrected chi connectivity index (χ3v) is 1.88. The quantitative estimate of drug-likeness (QED) is 0.756. The van der Waals surface area contributed by atoms with Gasteiger partial charge in [-0.3, -0.25) is 4.90 Å². The van der Waals surface area contributed by atoms with Gasteiger partial charge in [-0.1, -0.05) is 0 Å². The Morgan fingerprint density at radius 2 is 1.60 bits per heavy atom. The number of likely N-dealkylation sites (N-methyl/N-ethyl adjacent to an activating group) is 1. The van der Waals surface area contributed by atoms with Crippen LogP contribution >= 0.6 is 0 Å². The third-order valence-electron chi connectivity index (χ3n) is 1.88. The fourth-order valence-electron chi connectivity index (χ4n) is 1.02. The fraction of sp³-hybridized carbons (Fsp3) is 1.00. The maximum absolute atomic E-state index is 12.2. The lowest BCUT2D eigenvalue weighted by Crippen LogP contribution is -2.49. The number of hydrogen-bond donors (Lipinski definition) is 1. The van der Waals surface area contributed by atoms with Crippen molar-refractivity contribution in [1.82, 2.24) is 4.90 Å². The minimum atomic E-state index is -4.60. The molecule has 0 spiro atoms. The van der Waals surface area contributed by atoms with Crippen LogP contribution in [0, 0.1) is 0 Å². The number of alkyl halides is 6. The summed E-state index contributed by atoms with van der Waals surface area (Å²) in [7, 11) is 0.969. The molecule has 0 aromatic heterocycles. The van der Waals surface area contributed by atoms with E-state index < -0.39 is 37.9 Å². The predicted octanol–water partition coefficient (Wildman–Crippen LogP) is 1.76. The first kappa shape index (κ1) is 14.5. The Morgan fingerprint density at radius 1 is 1.13 bits per heavy atom. The normalized spacial score (nSPS) is 15.8. The van der Waals surface area contributed by atoms with Crippen LogP contribution in [-0.4, -0.2) is 43.4 Å². The summed E-state index contributed by atoms with van der Waals surface area (Å²) in [6.45, 7) is -1.47. The topological polar surface area (TPSA) is 29.3 Å². The summed E-state index contributed by atoms with van der Waals surface area (Å²) in [6.07, 6.45) is -10.3. The molecule has 0 bridgehead atoms. The van der Waals surface area contributed by atoms with Gasteiger partial charge in [0.1, 0.15) is 6.04 Å². The van der Waals surface area contributed by atoms with Crippen LogP contribution in [0.15, 0.2) is 0 Å². The van der Waals surface area contributed by atoms with Gasteiger partial charge in [0.15, 0.2) is 0 Å². The average Bonchev–Trinajstić information content (AvgIpc) is 1.98. The second-order valence-electron chi connectivity index (χ2n) is 3.14. The molecule has 0 amide bonds. The van der Waals surface area contributed by atoms with Gasteiger partial charge in [-0.05, 0) is 7.05 Å². The summed E-state index contributed by atoms with van der Waals surface area (Å²) in [5.74, 6) is 0. The van der Waals surface area contributed by atoms with E-state index in [4.69, 9.17) is 5.73 Å². The molecule has 0 saturated carbocycles. The van der Waals surface area contributed by atoms with E-state index in [0.717, 1.165) is 7.05 Å². The highest BCUT2D eigenvalue weighted by Crippen LogP contribution is 2.25. The molecule has 0 aromatic rings. The molecule has 2 nitrogen and oxygen atoms in total. The number of rotatable bonds is 4. The molecule has 0 rings (SSSR count). The van der Waals surface area contributed by atoms with Gasteiger partial charge in [0, 0.05) is 13.1 Å². The van der Waals surface area contributed by atoms with Crippen LogP contribution < -0.4 is 5.73 Å². The molecular formula is C7H12F6N2. The molecule has 0 heterocycles. The molecule has 1 unspecified atom stereocenters. The minimum Gasteiger partial charge on any atom is -0.329 e. The largest absolute Gasteiger partial charge is 0.405 e. The first-order valence-electron chi connectivity index (χ1n) is 4.11. The van der Waals surface area contributed by atoms with Gasteiger partial charge in [0.05, 0.1) is 6.42 Å². The molecule has 0 saturated heterocycles. The lowest BCUT2D eigenvalue weighted by molar-refractivity contribution is -0.185. The molecule has 0 aliphatic rings. The summed E-state index contributed by atoms with van der Waals surface area (Å²) >= 11 is 0. The Hall–Kier alpha value is -0.500. The average molecular weight is 238 g/mol. The number of nitrogens with zero attached hydrogens (tertiary/aromatic N) is 1. The first-order chi connectivity index (χ1) is 6.58. The van der Waals surface area contributed by atoms with Crippen LogP contribution in [0.25, 0.3) is 0 Å². The van der Waals surface area contributed by atoms with E-state index in [1.165, 1.54) is 0 Å². The van der Waals surface area contributed by atoms with Gasteiger partial charge in [0.2, 0.25) is 0 Å². The second kappa shape index (κ2) is 5.02. The maximum Gasteiger partial charge on any atom is 0.405 e. The van der Waals surface area contributed by atoms with Gasteiger partial charge < -0.3 is 5.73 Å². The lowest BCUT2D eigenvalue weighted by Gasteiger charge is -2.28. The Kier molecular flexibility index (Phi) is 4.85. The van der Waals surface area contributed by atoms with Gasteiger partial charge in [0.25, 0.3) is 0 Å². The van der Waals surface area contributed by atoms with Crippen molar-refractivity contribution in [3.8, 4) is 0 Å². The Bertz CT molecular complexity index is 187. The van der Waals surface area contributed by atoms with Crippen LogP contribution in [0.5, 0.6) is 0 Å². The Labute approximate surface area is 83.0 Å². The highest BCUT2D eigenvalue weighted by atomic mass is 19.4. The predicted molar refractivity (Wildman–Crippen MR) is 42.2 cm³/mol. The van der Waals surface area contributed by atoms with E-state index in [1.807, 2.05) is 0 Å². The maximum atomic E-state index is 12.2. The number of nitrogens with two attached hydrogens (primary N) is 1. The van der Waals surface area contributed by atoms with Crippen LogP contribution in [0.3, 0.4) is 0 Å². The van der Waals surface area contributed by atoms with Crippen molar-refractivity contribution < 1.29 is 26.3 Å². The summed E-state index contributed by atoms with van der Waals surface area (Å²) < 4.78 is 71.8. The number of hydrogen-bond acceptors (Lipinski definition) is 2. The van der Waals surface area contributed by atoms with Crippen molar-refractivity contribution >= 4 is 0 Å². The standard InChI is InChI=1S/C7H12F6N2/c1-15(3-2-6(8,9)10)5(4-14)7(11,12)13/h5H,2-4,14H2,1H3. The van der Waals surface area contributed by atoms with Gasteiger partial charge in [-0.2, -0.15) is 26.3 Å². The van der Waals surface area contributed by atoms with Gasteiger partial charge >= 0.3 is 12.4 Å². The summed E-state index contributed by atoms with van der Waals surface area (Å²) in [5.41, 5.74) is 4.86. The number of halogens is 6. The van der Waals surface area contributed by atoms with Crippen LogP contribution in [-0.2, 0) is 0 Å². The Morgan fingerprint density at radius 3 is 1.87 bits per heavy atom. The molecule has 0 aliphatic carbocycles. The monoisotopic (exact) mass is 238 g/mol. The third kappa shape index (κ3) is 5.83. The zero-order valence-corrected chi connectivity index (χ0v) is 7.99. The van der Waals surface area contributed by atoms with E-state index in [2.05, 4.69) is 0 Å². The van der Waals surface area contributed by atoms with E-state index in [9.17, 15) is 26.3 Å². The molecule has 2 N–H and O–H groups in total. The van der Waals surface area contributed by atoms with E-state index in [0.29, 0.717) is 4.90 Å². The highest BCUT2D eigenvalue weighted by molar-refractivity contribution is 4.77. The Balaban J connectivity index is 4.24. The lowest BCUT2D eigenvalue weighted by atomic mass is 10.2. The van der Waals surface area contributed by atoms with Crippen molar-refractivity contribution in [2.45, 2.75) is 24.8 Å². The minimum absolute atomic E-state index is 0.563. The van der Waals surface area contributed by atoms with Crippen molar-refractivity contribution in [3.05, 3.63) is 0 Å². The zero-order valence-electron chi connectivity index (χ0n) is 7.99. The molecule has 0 radical (unpaired) electrons. The second-order valence-corrected chi connectivity index (χ2v) is 3.14. The summed E-state index contributed by atoms with van der Waals surface area (Å²) in [6, 6.07) is -2.03. The smallest absolute Gasteiger partial charge is 0.329 e.